The molecule has 136 valence electrons. The van der Waals surface area contributed by atoms with Crippen LogP contribution in [0.3, 0.4) is 0 Å². The lowest BCUT2D eigenvalue weighted by Crippen LogP contribution is -2.05. The number of aromatic nitrogens is 4. The summed E-state index contributed by atoms with van der Waals surface area (Å²) in [5, 5.41) is 13.5. The van der Waals surface area contributed by atoms with Gasteiger partial charge >= 0.3 is 0 Å². The standard InChI is InChI=1S/C18H15FN6O2/c1-2-26-14-10-6-5-9-13(14)21-16-15(20-12-8-4-3-7-11(12)19)22-17-18(23-16)25-27-24-17/h3-10H,2H2,1H3,(H,20,22,24)(H,21,23,25). The van der Waals surface area contributed by atoms with Crippen molar-refractivity contribution in [3.8, 4) is 5.75 Å². The van der Waals surface area contributed by atoms with Gasteiger partial charge in [0, 0.05) is 0 Å². The topological polar surface area (TPSA) is 98.0 Å². The van der Waals surface area contributed by atoms with Crippen LogP contribution in [0.25, 0.3) is 11.3 Å². The van der Waals surface area contributed by atoms with Crippen LogP contribution in [0.4, 0.5) is 27.4 Å². The molecule has 0 saturated carbocycles. The largest absolute Gasteiger partial charge is 0.492 e. The van der Waals surface area contributed by atoms with E-state index in [1.807, 2.05) is 31.2 Å². The molecule has 0 bridgehead atoms. The van der Waals surface area contributed by atoms with E-state index in [-0.39, 0.29) is 22.8 Å². The molecule has 8 nitrogen and oxygen atoms in total. The fraction of sp³-hybridized carbons (Fsp3) is 0.111. The van der Waals surface area contributed by atoms with Crippen molar-refractivity contribution in [1.29, 1.82) is 0 Å². The highest BCUT2D eigenvalue weighted by Gasteiger charge is 2.16. The molecule has 0 amide bonds. The average Bonchev–Trinajstić information content (AvgIpc) is 3.13. The molecular formula is C18H15FN6O2. The molecule has 0 saturated heterocycles. The highest BCUT2D eigenvalue weighted by atomic mass is 19.1. The predicted octanol–water partition coefficient (Wildman–Crippen LogP) is 4.04. The Kier molecular flexibility index (Phi) is 4.48. The Morgan fingerprint density at radius 3 is 2.15 bits per heavy atom. The number of anilines is 4. The molecule has 4 aromatic rings. The molecule has 0 radical (unpaired) electrons. The van der Waals surface area contributed by atoms with E-state index in [9.17, 15) is 4.39 Å². The van der Waals surface area contributed by atoms with Gasteiger partial charge in [0.25, 0.3) is 0 Å². The first-order valence-corrected chi connectivity index (χ1v) is 8.25. The van der Waals surface area contributed by atoms with Crippen LogP contribution in [0.15, 0.2) is 53.2 Å². The van der Waals surface area contributed by atoms with Crippen molar-refractivity contribution in [2.45, 2.75) is 6.92 Å². The third-order valence-electron chi connectivity index (χ3n) is 3.68. The second-order valence-corrected chi connectivity index (χ2v) is 5.49. The molecule has 4 rings (SSSR count). The monoisotopic (exact) mass is 366 g/mol. The minimum atomic E-state index is -0.418. The summed E-state index contributed by atoms with van der Waals surface area (Å²) in [5.74, 6) is 0.832. The van der Waals surface area contributed by atoms with Crippen molar-refractivity contribution in [3.63, 3.8) is 0 Å². The van der Waals surface area contributed by atoms with E-state index in [1.165, 1.54) is 6.07 Å². The number of hydrogen-bond donors (Lipinski definition) is 2. The van der Waals surface area contributed by atoms with Crippen LogP contribution in [0.1, 0.15) is 6.92 Å². The number of benzene rings is 2. The molecule has 0 spiro atoms. The Balaban J connectivity index is 1.76. The molecular weight excluding hydrogens is 351 g/mol. The first-order chi connectivity index (χ1) is 13.2. The highest BCUT2D eigenvalue weighted by molar-refractivity contribution is 5.80. The van der Waals surface area contributed by atoms with Crippen LogP contribution in [0.2, 0.25) is 0 Å². The summed E-state index contributed by atoms with van der Waals surface area (Å²) in [5.41, 5.74) is 1.37. The molecule has 2 heterocycles. The summed E-state index contributed by atoms with van der Waals surface area (Å²) in [4.78, 5) is 8.71. The molecule has 2 aromatic heterocycles. The maximum Gasteiger partial charge on any atom is 0.245 e. The molecule has 0 aliphatic rings. The third kappa shape index (κ3) is 3.47. The third-order valence-corrected chi connectivity index (χ3v) is 3.68. The number of fused-ring (bicyclic) bond motifs is 1. The van der Waals surface area contributed by atoms with Crippen LogP contribution in [0, 0.1) is 5.82 Å². The van der Waals surface area contributed by atoms with Crippen LogP contribution in [-0.2, 0) is 0 Å². The van der Waals surface area contributed by atoms with E-state index < -0.39 is 5.82 Å². The number of para-hydroxylation sites is 3. The lowest BCUT2D eigenvalue weighted by Gasteiger charge is -2.14. The fourth-order valence-electron chi connectivity index (χ4n) is 2.48. The van der Waals surface area contributed by atoms with Crippen LogP contribution in [0.5, 0.6) is 5.75 Å². The molecule has 0 aliphatic heterocycles. The number of rotatable bonds is 6. The average molecular weight is 366 g/mol. The Morgan fingerprint density at radius 1 is 0.889 bits per heavy atom. The number of nitrogens with zero attached hydrogens (tertiary/aromatic N) is 4. The molecule has 0 unspecified atom stereocenters. The summed E-state index contributed by atoms with van der Waals surface area (Å²) in [6.07, 6.45) is 0. The lowest BCUT2D eigenvalue weighted by molar-refractivity contribution is 0.314. The van der Waals surface area contributed by atoms with Gasteiger partial charge in [-0.1, -0.05) is 24.3 Å². The zero-order valence-corrected chi connectivity index (χ0v) is 14.3. The number of halogens is 1. The summed E-state index contributed by atoms with van der Waals surface area (Å²) >= 11 is 0. The minimum Gasteiger partial charge on any atom is -0.492 e. The van der Waals surface area contributed by atoms with Gasteiger partial charge in [0.05, 0.1) is 18.0 Å². The van der Waals surface area contributed by atoms with E-state index in [0.717, 1.165) is 0 Å². The Bertz CT molecular complexity index is 1080. The quantitative estimate of drug-likeness (QED) is 0.528. The van der Waals surface area contributed by atoms with Crippen molar-refractivity contribution in [2.24, 2.45) is 0 Å². The van der Waals surface area contributed by atoms with Gasteiger partial charge in [-0.05, 0) is 41.5 Å². The van der Waals surface area contributed by atoms with Gasteiger partial charge in [-0.15, -0.1) is 0 Å². The normalized spacial score (nSPS) is 10.7. The summed E-state index contributed by atoms with van der Waals surface area (Å²) < 4.78 is 24.4. The second kappa shape index (κ2) is 7.24. The maximum absolute atomic E-state index is 14.1. The SMILES string of the molecule is CCOc1ccccc1Nc1nc2nonc2nc1Nc1ccccc1F. The van der Waals surface area contributed by atoms with Crippen LogP contribution < -0.4 is 15.4 Å². The maximum atomic E-state index is 14.1. The van der Waals surface area contributed by atoms with Crippen molar-refractivity contribution in [1.82, 2.24) is 20.3 Å². The zero-order valence-electron chi connectivity index (χ0n) is 14.3. The first-order valence-electron chi connectivity index (χ1n) is 8.25. The van der Waals surface area contributed by atoms with Gasteiger partial charge in [-0.3, -0.25) is 0 Å². The Hall–Kier alpha value is -3.75. The number of hydrogen-bond acceptors (Lipinski definition) is 8. The van der Waals surface area contributed by atoms with Gasteiger partial charge in [0.1, 0.15) is 11.6 Å². The van der Waals surface area contributed by atoms with Crippen molar-refractivity contribution in [2.75, 3.05) is 17.2 Å². The predicted molar refractivity (Wildman–Crippen MR) is 98.0 cm³/mol. The molecule has 0 atom stereocenters. The Morgan fingerprint density at radius 2 is 1.48 bits per heavy atom. The summed E-state index contributed by atoms with van der Waals surface area (Å²) in [6, 6.07) is 13.7. The molecule has 0 aliphatic carbocycles. The summed E-state index contributed by atoms with van der Waals surface area (Å²) in [6.45, 7) is 2.41. The van der Waals surface area contributed by atoms with Crippen LogP contribution in [-0.4, -0.2) is 26.9 Å². The van der Waals surface area contributed by atoms with Crippen LogP contribution >= 0.6 is 0 Å². The van der Waals surface area contributed by atoms with E-state index in [4.69, 9.17) is 4.74 Å². The number of nitrogens with one attached hydrogen (secondary N) is 2. The fourth-order valence-corrected chi connectivity index (χ4v) is 2.48. The highest BCUT2D eigenvalue weighted by Crippen LogP contribution is 2.31. The van der Waals surface area contributed by atoms with E-state index in [0.29, 0.717) is 23.9 Å². The molecule has 27 heavy (non-hydrogen) atoms. The molecule has 2 aromatic carbocycles. The molecule has 2 N–H and O–H groups in total. The smallest absolute Gasteiger partial charge is 0.245 e. The first kappa shape index (κ1) is 16.7. The van der Waals surface area contributed by atoms with Gasteiger partial charge < -0.3 is 15.4 Å². The second-order valence-electron chi connectivity index (χ2n) is 5.49. The Labute approximate surface area is 153 Å². The van der Waals surface area contributed by atoms with Gasteiger partial charge in [-0.2, -0.15) is 0 Å². The van der Waals surface area contributed by atoms with Crippen molar-refractivity contribution < 1.29 is 13.8 Å². The molecule has 9 heteroatoms. The van der Waals surface area contributed by atoms with E-state index in [1.54, 1.807) is 18.2 Å². The van der Waals surface area contributed by atoms with Crippen molar-refractivity contribution in [3.05, 3.63) is 54.3 Å². The zero-order chi connectivity index (χ0) is 18.6. The van der Waals surface area contributed by atoms with Gasteiger partial charge in [0.15, 0.2) is 11.6 Å². The number of ether oxygens (including phenoxy) is 1. The van der Waals surface area contributed by atoms with Gasteiger partial charge in [-0.25, -0.2) is 19.0 Å². The lowest BCUT2D eigenvalue weighted by atomic mass is 10.3. The van der Waals surface area contributed by atoms with E-state index >= 15 is 0 Å². The molecule has 0 fully saturated rings. The summed E-state index contributed by atoms with van der Waals surface area (Å²) in [7, 11) is 0. The minimum absolute atomic E-state index is 0.206. The van der Waals surface area contributed by atoms with E-state index in [2.05, 4.69) is 35.5 Å². The van der Waals surface area contributed by atoms with Gasteiger partial charge in [0.2, 0.25) is 11.3 Å². The van der Waals surface area contributed by atoms with Crippen molar-refractivity contribution >= 4 is 34.3 Å².